The van der Waals surface area contributed by atoms with Gasteiger partial charge in [-0.05, 0) is 64.4 Å². The number of hydrogen-bond acceptors (Lipinski definition) is 5. The van der Waals surface area contributed by atoms with E-state index in [1.54, 1.807) is 11.3 Å². The van der Waals surface area contributed by atoms with Crippen LogP contribution in [0.15, 0.2) is 29.6 Å². The summed E-state index contributed by atoms with van der Waals surface area (Å²) < 4.78 is 0. The van der Waals surface area contributed by atoms with Gasteiger partial charge >= 0.3 is 0 Å². The minimum absolute atomic E-state index is 0.0950. The van der Waals surface area contributed by atoms with Gasteiger partial charge < -0.3 is 5.32 Å². The molecule has 31 heavy (non-hydrogen) atoms. The van der Waals surface area contributed by atoms with E-state index in [4.69, 9.17) is 0 Å². The summed E-state index contributed by atoms with van der Waals surface area (Å²) in [7, 11) is 2.23. The summed E-state index contributed by atoms with van der Waals surface area (Å²) in [4.78, 5) is 22.5. The van der Waals surface area contributed by atoms with Crippen LogP contribution in [0.3, 0.4) is 0 Å². The van der Waals surface area contributed by atoms with Crippen LogP contribution in [0.4, 0.5) is 5.69 Å². The molecule has 5 nitrogen and oxygen atoms in total. The Kier molecular flexibility index (Phi) is 7.75. The molecule has 2 heterocycles. The van der Waals surface area contributed by atoms with Gasteiger partial charge in [-0.25, -0.2) is 4.98 Å². The number of nitrogens with zero attached hydrogens (tertiary/aromatic N) is 3. The average Bonchev–Trinajstić information content (AvgIpc) is 3.20. The van der Waals surface area contributed by atoms with Gasteiger partial charge in [0.05, 0.1) is 10.7 Å². The molecule has 1 N–H and O–H groups in total. The lowest BCUT2D eigenvalue weighted by Crippen LogP contribution is -2.38. The lowest BCUT2D eigenvalue weighted by Gasteiger charge is -2.32. The Morgan fingerprint density at radius 3 is 2.61 bits per heavy atom. The van der Waals surface area contributed by atoms with Crippen molar-refractivity contribution in [2.75, 3.05) is 25.5 Å². The molecule has 0 bridgehead atoms. The maximum absolute atomic E-state index is 13.0. The van der Waals surface area contributed by atoms with Crippen molar-refractivity contribution < 1.29 is 4.79 Å². The molecule has 1 aromatic heterocycles. The molecular weight excluding hydrogens is 404 g/mol. The highest BCUT2D eigenvalue weighted by molar-refractivity contribution is 7.09. The fourth-order valence-corrected chi connectivity index (χ4v) is 5.60. The minimum Gasteiger partial charge on any atom is -0.326 e. The number of carbonyl (C=O) groups excluding carboxylic acids is 1. The second-order valence-corrected chi connectivity index (χ2v) is 10.3. The van der Waals surface area contributed by atoms with Gasteiger partial charge in [0.2, 0.25) is 5.91 Å². The van der Waals surface area contributed by atoms with Crippen molar-refractivity contribution in [2.45, 2.75) is 71.0 Å². The first kappa shape index (κ1) is 22.4. The summed E-state index contributed by atoms with van der Waals surface area (Å²) in [5.74, 6) is 0.273. The molecule has 1 saturated carbocycles. The number of piperidine rings is 1. The van der Waals surface area contributed by atoms with Crippen LogP contribution in [0, 0.1) is 12.8 Å². The normalized spacial score (nSPS) is 19.1. The quantitative estimate of drug-likeness (QED) is 0.653. The number of aryl methyl sites for hydroxylation is 1. The number of amides is 1. The Balaban J connectivity index is 1.29. The monoisotopic (exact) mass is 440 g/mol. The number of aromatic nitrogens is 1. The Morgan fingerprint density at radius 2 is 1.90 bits per heavy atom. The largest absolute Gasteiger partial charge is 0.326 e. The molecule has 168 valence electrons. The lowest BCUT2D eigenvalue weighted by atomic mass is 9.94. The van der Waals surface area contributed by atoms with E-state index in [0.717, 1.165) is 55.4 Å². The number of likely N-dealkylation sites (tertiary alicyclic amines) is 1. The first-order chi connectivity index (χ1) is 15.1. The number of anilines is 1. The number of benzene rings is 1. The highest BCUT2D eigenvalue weighted by Gasteiger charge is 2.26. The van der Waals surface area contributed by atoms with Crippen molar-refractivity contribution in [3.8, 4) is 0 Å². The second-order valence-electron chi connectivity index (χ2n) is 9.26. The Bertz CT molecular complexity index is 853. The molecule has 0 atom stereocenters. The maximum atomic E-state index is 13.0. The summed E-state index contributed by atoms with van der Waals surface area (Å²) in [5, 5.41) is 6.53. The molecule has 4 rings (SSSR count). The number of nitrogens with one attached hydrogen (secondary N) is 1. The molecule has 6 heteroatoms. The molecular formula is C25H36N4OS. The zero-order valence-corrected chi connectivity index (χ0v) is 19.8. The van der Waals surface area contributed by atoms with Gasteiger partial charge in [0.25, 0.3) is 0 Å². The van der Waals surface area contributed by atoms with Crippen molar-refractivity contribution in [3.63, 3.8) is 0 Å². The summed E-state index contributed by atoms with van der Waals surface area (Å²) in [6.07, 6.45) is 8.48. The molecule has 2 aromatic rings. The van der Waals surface area contributed by atoms with Gasteiger partial charge in [-0.15, -0.1) is 11.3 Å². The predicted octanol–water partition coefficient (Wildman–Crippen LogP) is 5.07. The second kappa shape index (κ2) is 10.7. The predicted molar refractivity (Wildman–Crippen MR) is 128 cm³/mol. The highest BCUT2D eigenvalue weighted by atomic mass is 32.1. The van der Waals surface area contributed by atoms with E-state index < -0.39 is 0 Å². The molecule has 2 aliphatic rings. The zero-order chi connectivity index (χ0) is 21.6. The summed E-state index contributed by atoms with van der Waals surface area (Å²) >= 11 is 1.71. The molecule has 1 amide bonds. The molecule has 1 aromatic carbocycles. The van der Waals surface area contributed by atoms with Gasteiger partial charge in [-0.2, -0.15) is 0 Å². The fourth-order valence-electron chi connectivity index (χ4n) is 5.00. The van der Waals surface area contributed by atoms with Gasteiger partial charge in [0.1, 0.15) is 0 Å². The van der Waals surface area contributed by atoms with Gasteiger partial charge in [-0.3, -0.25) is 14.6 Å². The highest BCUT2D eigenvalue weighted by Crippen LogP contribution is 2.26. The number of para-hydroxylation sites is 1. The molecule has 1 aliphatic carbocycles. The Hall–Kier alpha value is -1.76. The third kappa shape index (κ3) is 6.15. The average molecular weight is 441 g/mol. The molecule has 0 unspecified atom stereocenters. The van der Waals surface area contributed by atoms with Crippen molar-refractivity contribution >= 4 is 22.9 Å². The van der Waals surface area contributed by atoms with Crippen molar-refractivity contribution in [3.05, 3.63) is 45.9 Å². The van der Waals surface area contributed by atoms with E-state index in [1.165, 1.54) is 37.7 Å². The summed E-state index contributed by atoms with van der Waals surface area (Å²) in [6.45, 7) is 5.76. The van der Waals surface area contributed by atoms with Crippen molar-refractivity contribution in [1.29, 1.82) is 0 Å². The van der Waals surface area contributed by atoms with Crippen LogP contribution in [-0.4, -0.2) is 46.9 Å². The van der Waals surface area contributed by atoms with Crippen LogP contribution >= 0.6 is 11.3 Å². The lowest BCUT2D eigenvalue weighted by molar-refractivity contribution is -0.121. The van der Waals surface area contributed by atoms with E-state index in [9.17, 15) is 4.79 Å². The standard InChI is InChI=1S/C25H36N4OS/c1-19-26-22(18-31-19)17-29-14-12-20(13-15-29)25(30)27-24-11-7-6-8-21(24)16-28(2)23-9-4-3-5-10-23/h6-8,11,18,20,23H,3-5,9-10,12-17H2,1-2H3,(H,27,30). The first-order valence-electron chi connectivity index (χ1n) is 11.8. The molecule has 2 fully saturated rings. The zero-order valence-electron chi connectivity index (χ0n) is 19.0. The van der Waals surface area contributed by atoms with Crippen LogP contribution in [0.2, 0.25) is 0 Å². The maximum Gasteiger partial charge on any atom is 0.227 e. The van der Waals surface area contributed by atoms with E-state index in [2.05, 4.69) is 57.7 Å². The molecule has 1 saturated heterocycles. The number of rotatable bonds is 7. The third-order valence-corrected chi connectivity index (χ3v) is 7.73. The van der Waals surface area contributed by atoms with Gasteiger partial charge in [-0.1, -0.05) is 37.5 Å². The van der Waals surface area contributed by atoms with Crippen LogP contribution in [0.5, 0.6) is 0 Å². The topological polar surface area (TPSA) is 48.5 Å². The summed E-state index contributed by atoms with van der Waals surface area (Å²) in [6, 6.07) is 8.99. The van der Waals surface area contributed by atoms with Gasteiger partial charge in [0.15, 0.2) is 0 Å². The van der Waals surface area contributed by atoms with Crippen LogP contribution in [0.1, 0.15) is 61.2 Å². The van der Waals surface area contributed by atoms with E-state index in [-0.39, 0.29) is 11.8 Å². The minimum atomic E-state index is 0.0950. The number of thiazole rings is 1. The van der Waals surface area contributed by atoms with Gasteiger partial charge in [0, 0.05) is 36.1 Å². The van der Waals surface area contributed by atoms with Crippen molar-refractivity contribution in [1.82, 2.24) is 14.8 Å². The van der Waals surface area contributed by atoms with E-state index in [0.29, 0.717) is 6.04 Å². The van der Waals surface area contributed by atoms with Crippen LogP contribution < -0.4 is 5.32 Å². The smallest absolute Gasteiger partial charge is 0.227 e. The van der Waals surface area contributed by atoms with Crippen LogP contribution in [-0.2, 0) is 17.9 Å². The fraction of sp³-hybridized carbons (Fsp3) is 0.600. The SMILES string of the molecule is Cc1nc(CN2CCC(C(=O)Nc3ccccc3CN(C)C3CCCCC3)CC2)cs1. The third-order valence-electron chi connectivity index (χ3n) is 6.90. The summed E-state index contributed by atoms with van der Waals surface area (Å²) in [5.41, 5.74) is 3.36. The number of hydrogen-bond donors (Lipinski definition) is 1. The molecule has 1 aliphatic heterocycles. The van der Waals surface area contributed by atoms with Crippen LogP contribution in [0.25, 0.3) is 0 Å². The van der Waals surface area contributed by atoms with Crippen molar-refractivity contribution in [2.24, 2.45) is 5.92 Å². The number of carbonyl (C=O) groups is 1. The van der Waals surface area contributed by atoms with E-state index in [1.807, 2.05) is 6.07 Å². The Morgan fingerprint density at radius 1 is 1.16 bits per heavy atom. The molecule has 0 spiro atoms. The molecule has 0 radical (unpaired) electrons. The first-order valence-corrected chi connectivity index (χ1v) is 12.7. The van der Waals surface area contributed by atoms with E-state index >= 15 is 0 Å². The Labute approximate surface area is 190 Å².